The van der Waals surface area contributed by atoms with E-state index in [2.05, 4.69) is 34.6 Å². The molecule has 0 spiro atoms. The van der Waals surface area contributed by atoms with Crippen molar-refractivity contribution in [3.05, 3.63) is 0 Å². The second kappa shape index (κ2) is 70.1. The van der Waals surface area contributed by atoms with Crippen LogP contribution in [0, 0.1) is 5.92 Å². The zero-order valence-corrected chi connectivity index (χ0v) is 64.3. The van der Waals surface area contributed by atoms with E-state index in [9.17, 15) is 43.2 Å². The first-order valence-corrected chi connectivity index (χ1v) is 43.1. The van der Waals surface area contributed by atoms with Gasteiger partial charge in [-0.2, -0.15) is 0 Å². The van der Waals surface area contributed by atoms with Crippen molar-refractivity contribution in [1.82, 2.24) is 0 Å². The van der Waals surface area contributed by atoms with Gasteiger partial charge < -0.3 is 33.8 Å². The maximum Gasteiger partial charge on any atom is 0.472 e. The van der Waals surface area contributed by atoms with E-state index in [4.69, 9.17) is 37.0 Å². The molecule has 0 saturated carbocycles. The van der Waals surface area contributed by atoms with Crippen molar-refractivity contribution in [1.29, 1.82) is 0 Å². The van der Waals surface area contributed by atoms with Gasteiger partial charge in [-0.3, -0.25) is 37.3 Å². The minimum absolute atomic E-state index is 0.108. The maximum absolute atomic E-state index is 13.1. The number of phosphoric acid groups is 2. The molecule has 0 aromatic heterocycles. The summed E-state index contributed by atoms with van der Waals surface area (Å²) in [6.07, 6.45) is 59.4. The Kier molecular flexibility index (Phi) is 68.7. The highest BCUT2D eigenvalue weighted by Crippen LogP contribution is 2.45. The summed E-state index contributed by atoms with van der Waals surface area (Å²) < 4.78 is 68.6. The zero-order valence-electron chi connectivity index (χ0n) is 62.5. The van der Waals surface area contributed by atoms with E-state index in [0.717, 1.165) is 95.8 Å². The largest absolute Gasteiger partial charge is 0.472 e. The Labute approximate surface area is 588 Å². The molecule has 5 atom stereocenters. The number of phosphoric ester groups is 2. The predicted octanol–water partition coefficient (Wildman–Crippen LogP) is 22.9. The Balaban J connectivity index is 5.24. The van der Waals surface area contributed by atoms with Gasteiger partial charge in [0, 0.05) is 25.7 Å². The third-order valence-corrected chi connectivity index (χ3v) is 19.9. The summed E-state index contributed by atoms with van der Waals surface area (Å²) in [6.45, 7) is 7.33. The fraction of sp³-hybridized carbons (Fsp3) is 0.948. The summed E-state index contributed by atoms with van der Waals surface area (Å²) in [5, 5.41) is 10.6. The molecule has 0 saturated heterocycles. The van der Waals surface area contributed by atoms with Crippen molar-refractivity contribution in [2.24, 2.45) is 5.92 Å². The fourth-order valence-corrected chi connectivity index (χ4v) is 13.5. The van der Waals surface area contributed by atoms with Crippen LogP contribution in [-0.2, 0) is 65.4 Å². The van der Waals surface area contributed by atoms with Gasteiger partial charge in [-0.15, -0.1) is 0 Å². The highest BCUT2D eigenvalue weighted by Gasteiger charge is 2.30. The smallest absolute Gasteiger partial charge is 0.462 e. The van der Waals surface area contributed by atoms with Gasteiger partial charge in [0.1, 0.15) is 19.3 Å². The standard InChI is InChI=1S/C77H150O17P2/c1-6-9-12-15-18-21-24-27-32-37-41-46-51-56-61-75(80)88-67-73(94-77(82)63-58-53-48-43-38-33-30-28-29-31-34-39-44-49-54-59-70(4)5)69-92-96(85,86)90-65-71(78)64-89-95(83,84)91-68-72(93-76(81)62-57-52-47-42-36-26-23-20-17-14-11-8-3)66-87-74(79)60-55-50-45-40-35-25-22-19-16-13-10-7-2/h70-73,78H,6-69H2,1-5H3,(H,83,84)(H,85,86)/t71-,72+,73+/m0/s1. The first kappa shape index (κ1) is 94.1. The Hall–Kier alpha value is -1.94. The number of ether oxygens (including phenoxy) is 4. The third-order valence-electron chi connectivity index (χ3n) is 18.0. The lowest BCUT2D eigenvalue weighted by Gasteiger charge is -2.21. The molecule has 0 aromatic carbocycles. The van der Waals surface area contributed by atoms with Gasteiger partial charge in [-0.05, 0) is 31.6 Å². The van der Waals surface area contributed by atoms with E-state index < -0.39 is 97.5 Å². The zero-order chi connectivity index (χ0) is 70.5. The monoisotopic (exact) mass is 1410 g/mol. The van der Waals surface area contributed by atoms with Gasteiger partial charge in [-0.1, -0.05) is 356 Å². The number of hydrogen-bond acceptors (Lipinski definition) is 15. The van der Waals surface area contributed by atoms with Crippen LogP contribution in [0.15, 0.2) is 0 Å². The molecule has 3 N–H and O–H groups in total. The van der Waals surface area contributed by atoms with E-state index in [1.54, 1.807) is 0 Å². The minimum atomic E-state index is -4.96. The second-order valence-electron chi connectivity index (χ2n) is 28.2. The van der Waals surface area contributed by atoms with Gasteiger partial charge in [0.25, 0.3) is 0 Å². The Morgan fingerprint density at radius 2 is 0.479 bits per heavy atom. The molecule has 96 heavy (non-hydrogen) atoms. The number of aliphatic hydroxyl groups excluding tert-OH is 1. The van der Waals surface area contributed by atoms with Crippen LogP contribution in [0.1, 0.15) is 407 Å². The van der Waals surface area contributed by atoms with Crippen LogP contribution in [0.3, 0.4) is 0 Å². The van der Waals surface area contributed by atoms with Crippen LogP contribution < -0.4 is 0 Å². The Morgan fingerprint density at radius 1 is 0.281 bits per heavy atom. The first-order valence-electron chi connectivity index (χ1n) is 40.1. The molecule has 0 aliphatic carbocycles. The van der Waals surface area contributed by atoms with Gasteiger partial charge >= 0.3 is 39.5 Å². The molecule has 19 heteroatoms. The molecule has 570 valence electrons. The molecule has 0 fully saturated rings. The van der Waals surface area contributed by atoms with E-state index in [1.165, 1.54) is 231 Å². The van der Waals surface area contributed by atoms with Crippen LogP contribution in [0.2, 0.25) is 0 Å². The molecule has 0 amide bonds. The highest BCUT2D eigenvalue weighted by atomic mass is 31.2. The summed E-state index contributed by atoms with van der Waals surface area (Å²) in [5.41, 5.74) is 0. The van der Waals surface area contributed by atoms with Crippen LogP contribution in [0.4, 0.5) is 0 Å². The summed E-state index contributed by atoms with van der Waals surface area (Å²) >= 11 is 0. The van der Waals surface area contributed by atoms with Gasteiger partial charge in [-0.25, -0.2) is 9.13 Å². The van der Waals surface area contributed by atoms with Crippen molar-refractivity contribution in [2.45, 2.75) is 425 Å². The van der Waals surface area contributed by atoms with Gasteiger partial charge in [0.2, 0.25) is 0 Å². The second-order valence-corrected chi connectivity index (χ2v) is 31.1. The number of hydrogen-bond donors (Lipinski definition) is 3. The molecule has 0 rings (SSSR count). The molecule has 0 bridgehead atoms. The molecule has 0 aromatic rings. The molecule has 0 aliphatic heterocycles. The average Bonchev–Trinajstić information content (AvgIpc) is 2.43. The van der Waals surface area contributed by atoms with Crippen LogP contribution in [-0.4, -0.2) is 96.7 Å². The average molecular weight is 1410 g/mol. The summed E-state index contributed by atoms with van der Waals surface area (Å²) in [4.78, 5) is 72.9. The lowest BCUT2D eigenvalue weighted by molar-refractivity contribution is -0.161. The van der Waals surface area contributed by atoms with E-state index in [0.29, 0.717) is 25.7 Å². The summed E-state index contributed by atoms with van der Waals surface area (Å²) in [5.74, 6) is -1.31. The van der Waals surface area contributed by atoms with E-state index in [1.807, 2.05) is 0 Å². The van der Waals surface area contributed by atoms with Crippen LogP contribution in [0.5, 0.6) is 0 Å². The predicted molar refractivity (Wildman–Crippen MR) is 391 cm³/mol. The van der Waals surface area contributed by atoms with E-state index >= 15 is 0 Å². The van der Waals surface area contributed by atoms with Crippen molar-refractivity contribution >= 4 is 39.5 Å². The molecular weight excluding hydrogens is 1260 g/mol. The molecule has 0 heterocycles. The lowest BCUT2D eigenvalue weighted by atomic mass is 10.0. The van der Waals surface area contributed by atoms with Crippen molar-refractivity contribution < 1.29 is 80.2 Å². The number of aliphatic hydroxyl groups is 1. The topological polar surface area (TPSA) is 237 Å². The number of carbonyl (C=O) groups is 4. The normalized spacial score (nSPS) is 13.9. The minimum Gasteiger partial charge on any atom is -0.462 e. The lowest BCUT2D eigenvalue weighted by Crippen LogP contribution is -2.30. The molecule has 0 radical (unpaired) electrons. The Morgan fingerprint density at radius 3 is 0.708 bits per heavy atom. The first-order chi connectivity index (χ1) is 46.5. The number of rotatable bonds is 77. The third kappa shape index (κ3) is 70.5. The Bertz CT molecular complexity index is 1840. The van der Waals surface area contributed by atoms with Crippen molar-refractivity contribution in [3.8, 4) is 0 Å². The molecular formula is C77H150O17P2. The number of esters is 4. The molecule has 17 nitrogen and oxygen atoms in total. The van der Waals surface area contributed by atoms with E-state index in [-0.39, 0.29) is 25.7 Å². The van der Waals surface area contributed by atoms with Crippen LogP contribution >= 0.6 is 15.6 Å². The van der Waals surface area contributed by atoms with Gasteiger partial charge in [0.05, 0.1) is 26.4 Å². The highest BCUT2D eigenvalue weighted by molar-refractivity contribution is 7.47. The molecule has 0 aliphatic rings. The SMILES string of the molecule is CCCCCCCCCCCCCCCCC(=O)OC[C@H](COP(=O)(O)OC[C@@H](O)COP(=O)(O)OC[C@@H](COC(=O)CCCCCCCCCCCCCC)OC(=O)CCCCCCCCCCCCCC)OC(=O)CCCCCCCCCCCCCCCCCC(C)C. The number of unbranched alkanes of at least 4 members (excludes halogenated alkanes) is 49. The van der Waals surface area contributed by atoms with Crippen LogP contribution in [0.25, 0.3) is 0 Å². The fourth-order valence-electron chi connectivity index (χ4n) is 11.9. The summed E-state index contributed by atoms with van der Waals surface area (Å²) in [6, 6.07) is 0. The quantitative estimate of drug-likeness (QED) is 0.0222. The summed E-state index contributed by atoms with van der Waals surface area (Å²) in [7, 11) is -9.91. The number of carbonyl (C=O) groups excluding carboxylic acids is 4. The molecule has 2 unspecified atom stereocenters. The maximum atomic E-state index is 13.1. The van der Waals surface area contributed by atoms with Crippen molar-refractivity contribution in [3.63, 3.8) is 0 Å². The van der Waals surface area contributed by atoms with Crippen molar-refractivity contribution in [2.75, 3.05) is 39.6 Å². The van der Waals surface area contributed by atoms with Gasteiger partial charge in [0.15, 0.2) is 12.2 Å².